The first kappa shape index (κ1) is 22.6. The predicted octanol–water partition coefficient (Wildman–Crippen LogP) is 3.59. The molecule has 0 bridgehead atoms. The zero-order valence-electron chi connectivity index (χ0n) is 17.0. The van der Waals surface area contributed by atoms with Crippen LogP contribution in [0.2, 0.25) is 0 Å². The standard InChI is InChI=1S/C22H18FN3O5S/c1-13(25-26-21(28)20(27)24-16-8-6-15(23)7-9-16)14-5-10-17(18(12-14)30-2)31-22(29)19-4-3-11-32-19/h3-12H,1-2H3,(H,24,27)(H,26,28). The smallest absolute Gasteiger partial charge is 0.353 e. The van der Waals surface area contributed by atoms with E-state index in [1.165, 1.54) is 30.6 Å². The van der Waals surface area contributed by atoms with Crippen molar-refractivity contribution in [3.63, 3.8) is 0 Å². The number of carbonyl (C=O) groups is 3. The van der Waals surface area contributed by atoms with Crippen molar-refractivity contribution in [3.8, 4) is 11.5 Å². The van der Waals surface area contributed by atoms with Crippen molar-refractivity contribution in [2.45, 2.75) is 6.92 Å². The number of amides is 2. The van der Waals surface area contributed by atoms with E-state index in [0.29, 0.717) is 21.9 Å². The van der Waals surface area contributed by atoms with Crippen LogP contribution < -0.4 is 20.2 Å². The predicted molar refractivity (Wildman–Crippen MR) is 118 cm³/mol. The number of esters is 1. The Morgan fingerprint density at radius 1 is 1.00 bits per heavy atom. The van der Waals surface area contributed by atoms with Gasteiger partial charge >= 0.3 is 17.8 Å². The average Bonchev–Trinajstić information content (AvgIpc) is 3.34. The molecule has 0 radical (unpaired) electrons. The van der Waals surface area contributed by atoms with Crippen LogP contribution in [0.3, 0.4) is 0 Å². The molecule has 3 rings (SSSR count). The summed E-state index contributed by atoms with van der Waals surface area (Å²) >= 11 is 1.26. The number of nitrogens with zero attached hydrogens (tertiary/aromatic N) is 1. The lowest BCUT2D eigenvalue weighted by molar-refractivity contribution is -0.136. The molecule has 0 spiro atoms. The summed E-state index contributed by atoms with van der Waals surface area (Å²) in [6.45, 7) is 1.62. The minimum Gasteiger partial charge on any atom is -0.493 e. The minimum atomic E-state index is -0.998. The van der Waals surface area contributed by atoms with E-state index in [1.807, 2.05) is 0 Å². The number of rotatable bonds is 6. The number of anilines is 1. The fourth-order valence-corrected chi connectivity index (χ4v) is 3.09. The maximum atomic E-state index is 12.9. The molecule has 164 valence electrons. The maximum absolute atomic E-state index is 12.9. The van der Waals surface area contributed by atoms with Gasteiger partial charge in [0.05, 0.1) is 12.8 Å². The van der Waals surface area contributed by atoms with Gasteiger partial charge < -0.3 is 14.8 Å². The maximum Gasteiger partial charge on any atom is 0.353 e. The van der Waals surface area contributed by atoms with E-state index in [9.17, 15) is 18.8 Å². The van der Waals surface area contributed by atoms with E-state index in [-0.39, 0.29) is 11.4 Å². The fourth-order valence-electron chi connectivity index (χ4n) is 2.49. The summed E-state index contributed by atoms with van der Waals surface area (Å²) in [5, 5.41) is 8.01. The van der Waals surface area contributed by atoms with Crippen molar-refractivity contribution < 1.29 is 28.2 Å². The van der Waals surface area contributed by atoms with E-state index in [4.69, 9.17) is 9.47 Å². The highest BCUT2D eigenvalue weighted by Crippen LogP contribution is 2.29. The zero-order chi connectivity index (χ0) is 23.1. The summed E-state index contributed by atoms with van der Waals surface area (Å²) in [6, 6.07) is 13.1. The summed E-state index contributed by atoms with van der Waals surface area (Å²) in [4.78, 5) is 36.5. The molecule has 2 amide bonds. The molecule has 0 saturated carbocycles. The number of halogens is 1. The molecule has 0 aliphatic rings. The lowest BCUT2D eigenvalue weighted by Gasteiger charge is -2.10. The van der Waals surface area contributed by atoms with Gasteiger partial charge in [0.25, 0.3) is 0 Å². The number of hydrogen-bond donors (Lipinski definition) is 2. The van der Waals surface area contributed by atoms with Crippen LogP contribution in [-0.4, -0.2) is 30.6 Å². The van der Waals surface area contributed by atoms with Crippen molar-refractivity contribution in [1.82, 2.24) is 5.43 Å². The lowest BCUT2D eigenvalue weighted by Crippen LogP contribution is -2.32. The number of hydrogen-bond acceptors (Lipinski definition) is 7. The van der Waals surface area contributed by atoms with Gasteiger partial charge in [-0.3, -0.25) is 9.59 Å². The largest absolute Gasteiger partial charge is 0.493 e. The second-order valence-electron chi connectivity index (χ2n) is 6.33. The number of methoxy groups -OCH3 is 1. The molecule has 0 fully saturated rings. The Kier molecular flexibility index (Phi) is 7.29. The molecule has 2 aromatic carbocycles. The molecule has 1 aromatic heterocycles. The third-order valence-corrected chi connectivity index (χ3v) is 4.99. The van der Waals surface area contributed by atoms with Gasteiger partial charge in [0.15, 0.2) is 11.5 Å². The molecule has 2 N–H and O–H groups in total. The number of ether oxygens (including phenoxy) is 2. The van der Waals surface area contributed by atoms with Crippen LogP contribution in [0.5, 0.6) is 11.5 Å². The summed E-state index contributed by atoms with van der Waals surface area (Å²) in [5.74, 6) is -2.40. The van der Waals surface area contributed by atoms with E-state index < -0.39 is 23.6 Å². The van der Waals surface area contributed by atoms with Gasteiger partial charge in [-0.2, -0.15) is 5.10 Å². The summed E-state index contributed by atoms with van der Waals surface area (Å²) in [5.41, 5.74) is 3.37. The highest BCUT2D eigenvalue weighted by molar-refractivity contribution is 7.12. The normalized spacial score (nSPS) is 10.9. The van der Waals surface area contributed by atoms with Crippen molar-refractivity contribution in [2.75, 3.05) is 12.4 Å². The van der Waals surface area contributed by atoms with E-state index >= 15 is 0 Å². The average molecular weight is 455 g/mol. The van der Waals surface area contributed by atoms with Crippen molar-refractivity contribution >= 4 is 40.5 Å². The van der Waals surface area contributed by atoms with Gasteiger partial charge in [-0.15, -0.1) is 11.3 Å². The molecule has 10 heteroatoms. The molecule has 0 unspecified atom stereocenters. The highest BCUT2D eigenvalue weighted by atomic mass is 32.1. The van der Waals surface area contributed by atoms with E-state index in [1.54, 1.807) is 42.6 Å². The van der Waals surface area contributed by atoms with Crippen LogP contribution in [-0.2, 0) is 9.59 Å². The number of thiophene rings is 1. The first-order valence-corrected chi connectivity index (χ1v) is 10.1. The van der Waals surface area contributed by atoms with Crippen LogP contribution in [0, 0.1) is 5.82 Å². The number of nitrogens with one attached hydrogen (secondary N) is 2. The van der Waals surface area contributed by atoms with Crippen LogP contribution in [0.1, 0.15) is 22.2 Å². The third kappa shape index (κ3) is 5.76. The third-order valence-electron chi connectivity index (χ3n) is 4.14. The van der Waals surface area contributed by atoms with E-state index in [2.05, 4.69) is 15.8 Å². The molecule has 0 aliphatic carbocycles. The summed E-state index contributed by atoms with van der Waals surface area (Å²) < 4.78 is 23.6. The molecule has 0 aliphatic heterocycles. The molecular formula is C22H18FN3O5S. The Balaban J connectivity index is 1.64. The number of hydrazone groups is 1. The van der Waals surface area contributed by atoms with Gasteiger partial charge in [-0.1, -0.05) is 6.07 Å². The Labute approximate surface area is 186 Å². The van der Waals surface area contributed by atoms with Crippen molar-refractivity contribution in [2.24, 2.45) is 5.10 Å². The molecule has 0 atom stereocenters. The van der Waals surface area contributed by atoms with Crippen molar-refractivity contribution in [1.29, 1.82) is 0 Å². The van der Waals surface area contributed by atoms with Crippen LogP contribution in [0.25, 0.3) is 0 Å². The van der Waals surface area contributed by atoms with Crippen molar-refractivity contribution in [3.05, 3.63) is 76.2 Å². The van der Waals surface area contributed by atoms with Crippen LogP contribution in [0.15, 0.2) is 65.1 Å². The second kappa shape index (κ2) is 10.3. The topological polar surface area (TPSA) is 106 Å². The molecule has 1 heterocycles. The molecule has 3 aromatic rings. The van der Waals surface area contributed by atoms with Gasteiger partial charge in [-0.05, 0) is 60.8 Å². The van der Waals surface area contributed by atoms with Gasteiger partial charge in [0, 0.05) is 11.3 Å². The lowest BCUT2D eigenvalue weighted by atomic mass is 10.1. The van der Waals surface area contributed by atoms with Crippen LogP contribution >= 0.6 is 11.3 Å². The SMILES string of the molecule is COc1cc(C(C)=NNC(=O)C(=O)Nc2ccc(F)cc2)ccc1OC(=O)c1cccs1. The summed E-state index contributed by atoms with van der Waals surface area (Å²) in [6.07, 6.45) is 0. The Hall–Kier alpha value is -4.05. The minimum absolute atomic E-state index is 0.227. The molecule has 32 heavy (non-hydrogen) atoms. The monoisotopic (exact) mass is 455 g/mol. The van der Waals surface area contributed by atoms with Gasteiger partial charge in [0.1, 0.15) is 10.7 Å². The highest BCUT2D eigenvalue weighted by Gasteiger charge is 2.16. The Morgan fingerprint density at radius 3 is 2.41 bits per heavy atom. The fraction of sp³-hybridized carbons (Fsp3) is 0.0909. The second-order valence-corrected chi connectivity index (χ2v) is 7.28. The first-order chi connectivity index (χ1) is 15.4. The number of carbonyl (C=O) groups excluding carboxylic acids is 3. The molecule has 8 nitrogen and oxygen atoms in total. The zero-order valence-corrected chi connectivity index (χ0v) is 17.9. The number of benzene rings is 2. The van der Waals surface area contributed by atoms with Gasteiger partial charge in [0.2, 0.25) is 0 Å². The van der Waals surface area contributed by atoms with Gasteiger partial charge in [-0.25, -0.2) is 14.6 Å². The van der Waals surface area contributed by atoms with Crippen LogP contribution in [0.4, 0.5) is 10.1 Å². The summed E-state index contributed by atoms with van der Waals surface area (Å²) in [7, 11) is 1.43. The molecular weight excluding hydrogens is 437 g/mol. The Morgan fingerprint density at radius 2 is 1.75 bits per heavy atom. The Bertz CT molecular complexity index is 1160. The van der Waals surface area contributed by atoms with E-state index in [0.717, 1.165) is 12.1 Å². The first-order valence-electron chi connectivity index (χ1n) is 9.22. The quantitative estimate of drug-likeness (QED) is 0.194. The molecule has 0 saturated heterocycles.